The summed E-state index contributed by atoms with van der Waals surface area (Å²) in [4.78, 5) is 4.64. The smallest absolute Gasteiger partial charge is 0.203 e. The molecule has 0 atom stereocenters. The normalized spacial score (nSPS) is 16.1. The van der Waals surface area contributed by atoms with Crippen molar-refractivity contribution in [1.82, 2.24) is 9.55 Å². The maximum Gasteiger partial charge on any atom is 0.203 e. The van der Waals surface area contributed by atoms with E-state index in [2.05, 4.69) is 34.1 Å². The molecule has 1 aliphatic carbocycles. The third kappa shape index (κ3) is 3.41. The number of rotatable bonds is 4. The monoisotopic (exact) mass is 303 g/mol. The van der Waals surface area contributed by atoms with E-state index < -0.39 is 0 Å². The number of nitrogens with zero attached hydrogens (tertiary/aromatic N) is 2. The number of halogens is 1. The molecule has 4 heteroatoms. The molecule has 1 fully saturated rings. The van der Waals surface area contributed by atoms with Gasteiger partial charge in [0.15, 0.2) is 0 Å². The molecule has 1 N–H and O–H groups in total. The van der Waals surface area contributed by atoms with Crippen LogP contribution in [0.1, 0.15) is 49.4 Å². The summed E-state index contributed by atoms with van der Waals surface area (Å²) in [6.45, 7) is 2.77. The van der Waals surface area contributed by atoms with Crippen molar-refractivity contribution in [3.63, 3.8) is 0 Å². The van der Waals surface area contributed by atoms with Crippen molar-refractivity contribution >= 4 is 17.5 Å². The van der Waals surface area contributed by atoms with Crippen LogP contribution in [0.5, 0.6) is 0 Å². The van der Waals surface area contributed by atoms with Crippen molar-refractivity contribution < 1.29 is 0 Å². The summed E-state index contributed by atoms with van der Waals surface area (Å²) in [7, 11) is 0. The SMILES string of the molecule is Cc1cn(C2CCCCC2)c(NCc2ccccc2Cl)n1. The topological polar surface area (TPSA) is 29.9 Å². The van der Waals surface area contributed by atoms with Crippen LogP contribution in [0.15, 0.2) is 30.5 Å². The van der Waals surface area contributed by atoms with Crippen LogP contribution in [0.25, 0.3) is 0 Å². The van der Waals surface area contributed by atoms with Gasteiger partial charge in [-0.2, -0.15) is 0 Å². The zero-order chi connectivity index (χ0) is 14.7. The summed E-state index contributed by atoms with van der Waals surface area (Å²) in [5.41, 5.74) is 2.18. The van der Waals surface area contributed by atoms with Gasteiger partial charge in [0.2, 0.25) is 5.95 Å². The number of nitrogens with one attached hydrogen (secondary N) is 1. The van der Waals surface area contributed by atoms with Gasteiger partial charge in [0.25, 0.3) is 0 Å². The Hall–Kier alpha value is -1.48. The van der Waals surface area contributed by atoms with Crippen LogP contribution in [0.4, 0.5) is 5.95 Å². The van der Waals surface area contributed by atoms with Crippen LogP contribution in [-0.4, -0.2) is 9.55 Å². The zero-order valence-electron chi connectivity index (χ0n) is 12.5. The van der Waals surface area contributed by atoms with Crippen LogP contribution >= 0.6 is 11.6 Å². The number of benzene rings is 1. The predicted molar refractivity (Wildman–Crippen MR) is 87.9 cm³/mol. The van der Waals surface area contributed by atoms with Crippen molar-refractivity contribution in [3.8, 4) is 0 Å². The zero-order valence-corrected chi connectivity index (χ0v) is 13.2. The van der Waals surface area contributed by atoms with Crippen LogP contribution in [0.3, 0.4) is 0 Å². The first-order chi connectivity index (χ1) is 10.2. The van der Waals surface area contributed by atoms with Gasteiger partial charge in [-0.15, -0.1) is 0 Å². The van der Waals surface area contributed by atoms with Gasteiger partial charge in [-0.05, 0) is 31.4 Å². The highest BCUT2D eigenvalue weighted by Crippen LogP contribution is 2.31. The minimum absolute atomic E-state index is 0.591. The highest BCUT2D eigenvalue weighted by molar-refractivity contribution is 6.31. The van der Waals surface area contributed by atoms with Crippen LogP contribution in [0, 0.1) is 6.92 Å². The fraction of sp³-hybridized carbons (Fsp3) is 0.471. The van der Waals surface area contributed by atoms with Crippen LogP contribution in [0.2, 0.25) is 5.02 Å². The second kappa shape index (κ2) is 6.52. The molecule has 1 aliphatic rings. The van der Waals surface area contributed by atoms with Gasteiger partial charge in [-0.1, -0.05) is 49.1 Å². The molecular weight excluding hydrogens is 282 g/mol. The second-order valence-corrected chi connectivity index (χ2v) is 6.26. The molecule has 1 saturated carbocycles. The quantitative estimate of drug-likeness (QED) is 0.865. The number of hydrogen-bond acceptors (Lipinski definition) is 2. The lowest BCUT2D eigenvalue weighted by molar-refractivity contribution is 0.355. The summed E-state index contributed by atoms with van der Waals surface area (Å²) >= 11 is 6.22. The van der Waals surface area contributed by atoms with Gasteiger partial charge in [-0.25, -0.2) is 4.98 Å². The Labute approximate surface area is 131 Å². The van der Waals surface area contributed by atoms with Gasteiger partial charge >= 0.3 is 0 Å². The highest BCUT2D eigenvalue weighted by Gasteiger charge is 2.18. The molecule has 3 rings (SSSR count). The van der Waals surface area contributed by atoms with Crippen molar-refractivity contribution in [1.29, 1.82) is 0 Å². The first-order valence-corrected chi connectivity index (χ1v) is 8.14. The molecular formula is C17H22ClN3. The molecule has 1 aromatic carbocycles. The van der Waals surface area contributed by atoms with Gasteiger partial charge in [0, 0.05) is 23.8 Å². The molecule has 0 amide bonds. The van der Waals surface area contributed by atoms with E-state index in [0.29, 0.717) is 12.6 Å². The highest BCUT2D eigenvalue weighted by atomic mass is 35.5. The minimum atomic E-state index is 0.591. The Morgan fingerprint density at radius 2 is 2.00 bits per heavy atom. The van der Waals surface area contributed by atoms with Gasteiger partial charge in [0.05, 0.1) is 5.69 Å². The Morgan fingerprint density at radius 3 is 2.76 bits per heavy atom. The lowest BCUT2D eigenvalue weighted by atomic mass is 9.95. The molecule has 0 spiro atoms. The van der Waals surface area contributed by atoms with E-state index in [1.165, 1.54) is 32.1 Å². The summed E-state index contributed by atoms with van der Waals surface area (Å²) in [6.07, 6.45) is 8.71. The van der Waals surface area contributed by atoms with Crippen LogP contribution < -0.4 is 5.32 Å². The molecule has 1 heterocycles. The Bertz CT molecular complexity index is 600. The molecule has 2 aromatic rings. The number of aryl methyl sites for hydroxylation is 1. The second-order valence-electron chi connectivity index (χ2n) is 5.85. The minimum Gasteiger partial charge on any atom is -0.352 e. The third-order valence-electron chi connectivity index (χ3n) is 4.22. The number of anilines is 1. The van der Waals surface area contributed by atoms with Gasteiger partial charge in [-0.3, -0.25) is 0 Å². The summed E-state index contributed by atoms with van der Waals surface area (Å²) < 4.78 is 2.32. The predicted octanol–water partition coefficient (Wildman–Crippen LogP) is 4.96. The van der Waals surface area contributed by atoms with E-state index in [1.54, 1.807) is 0 Å². The Balaban J connectivity index is 1.74. The molecule has 0 aliphatic heterocycles. The van der Waals surface area contributed by atoms with E-state index in [1.807, 2.05) is 18.2 Å². The van der Waals surface area contributed by atoms with Crippen LogP contribution in [-0.2, 0) is 6.54 Å². The lowest BCUT2D eigenvalue weighted by Gasteiger charge is -2.24. The summed E-state index contributed by atoms with van der Waals surface area (Å²) in [6, 6.07) is 8.54. The molecule has 21 heavy (non-hydrogen) atoms. The molecule has 0 radical (unpaired) electrons. The maximum absolute atomic E-state index is 6.22. The number of hydrogen-bond donors (Lipinski definition) is 1. The average molecular weight is 304 g/mol. The van der Waals surface area contributed by atoms with E-state index in [0.717, 1.165) is 22.2 Å². The fourth-order valence-electron chi connectivity index (χ4n) is 3.10. The van der Waals surface area contributed by atoms with Gasteiger partial charge in [0.1, 0.15) is 0 Å². The lowest BCUT2D eigenvalue weighted by Crippen LogP contribution is -2.15. The van der Waals surface area contributed by atoms with E-state index >= 15 is 0 Å². The molecule has 1 aromatic heterocycles. The largest absolute Gasteiger partial charge is 0.352 e. The first-order valence-electron chi connectivity index (χ1n) is 7.77. The van der Waals surface area contributed by atoms with E-state index in [4.69, 9.17) is 11.6 Å². The van der Waals surface area contributed by atoms with E-state index in [9.17, 15) is 0 Å². The molecule has 3 nitrogen and oxygen atoms in total. The van der Waals surface area contributed by atoms with E-state index in [-0.39, 0.29) is 0 Å². The first kappa shape index (κ1) is 14.5. The molecule has 0 bridgehead atoms. The fourth-order valence-corrected chi connectivity index (χ4v) is 3.30. The number of aromatic nitrogens is 2. The van der Waals surface area contributed by atoms with Crippen molar-refractivity contribution in [2.24, 2.45) is 0 Å². The van der Waals surface area contributed by atoms with Gasteiger partial charge < -0.3 is 9.88 Å². The Kier molecular flexibility index (Phi) is 4.49. The summed E-state index contributed by atoms with van der Waals surface area (Å²) in [5.74, 6) is 0.972. The molecule has 0 unspecified atom stereocenters. The van der Waals surface area contributed by atoms with Crippen molar-refractivity contribution in [3.05, 3.63) is 46.7 Å². The maximum atomic E-state index is 6.22. The summed E-state index contributed by atoms with van der Waals surface area (Å²) in [5, 5.41) is 4.26. The average Bonchev–Trinajstić information content (AvgIpc) is 2.88. The number of imidazole rings is 1. The van der Waals surface area contributed by atoms with Crippen molar-refractivity contribution in [2.45, 2.75) is 51.6 Å². The molecule has 112 valence electrons. The molecule has 0 saturated heterocycles. The van der Waals surface area contributed by atoms with Crippen molar-refractivity contribution in [2.75, 3.05) is 5.32 Å². The Morgan fingerprint density at radius 1 is 1.24 bits per heavy atom. The third-order valence-corrected chi connectivity index (χ3v) is 4.58. The standard InChI is InChI=1S/C17H22ClN3/c1-13-12-21(15-8-3-2-4-9-15)17(20-13)19-11-14-7-5-6-10-16(14)18/h5-7,10,12,15H,2-4,8-9,11H2,1H3,(H,19,20).